The predicted octanol–water partition coefficient (Wildman–Crippen LogP) is 3.20. The molecular weight excluding hydrogens is 224 g/mol. The lowest BCUT2D eigenvalue weighted by Gasteiger charge is -2.20. The van der Waals surface area contributed by atoms with Gasteiger partial charge in [0.1, 0.15) is 0 Å². The van der Waals surface area contributed by atoms with Gasteiger partial charge in [0, 0.05) is 24.2 Å². The van der Waals surface area contributed by atoms with E-state index in [9.17, 15) is 4.79 Å². The van der Waals surface area contributed by atoms with Crippen molar-refractivity contribution in [2.75, 3.05) is 6.61 Å². The second kappa shape index (κ2) is 6.37. The van der Waals surface area contributed by atoms with Crippen molar-refractivity contribution in [3.63, 3.8) is 0 Å². The first-order valence-corrected chi connectivity index (χ1v) is 6.47. The standard InChI is InChI=1S/C16H18O2/c1-13(17)15-10-8-14(9-11-15)5-4-7-16-6-2-3-12-18-16/h8-11,16H,2-3,6-7,12H2,1H3. The molecule has 1 fully saturated rings. The maximum Gasteiger partial charge on any atom is 0.159 e. The molecule has 1 atom stereocenters. The summed E-state index contributed by atoms with van der Waals surface area (Å²) >= 11 is 0. The van der Waals surface area contributed by atoms with E-state index < -0.39 is 0 Å². The number of carbonyl (C=O) groups is 1. The molecule has 94 valence electrons. The molecule has 2 heteroatoms. The van der Waals surface area contributed by atoms with Gasteiger partial charge < -0.3 is 4.74 Å². The zero-order valence-electron chi connectivity index (χ0n) is 10.7. The third-order valence-electron chi connectivity index (χ3n) is 3.13. The number of ether oxygens (including phenoxy) is 1. The molecule has 0 aromatic heterocycles. The van der Waals surface area contributed by atoms with E-state index in [1.54, 1.807) is 6.92 Å². The Hall–Kier alpha value is -1.59. The van der Waals surface area contributed by atoms with Crippen LogP contribution in [0.2, 0.25) is 0 Å². The van der Waals surface area contributed by atoms with Gasteiger partial charge in [-0.05, 0) is 38.3 Å². The van der Waals surface area contributed by atoms with Gasteiger partial charge in [-0.15, -0.1) is 0 Å². The van der Waals surface area contributed by atoms with E-state index in [0.29, 0.717) is 6.10 Å². The Kier molecular flexibility index (Phi) is 4.55. The van der Waals surface area contributed by atoms with Crippen LogP contribution in [0.1, 0.15) is 48.5 Å². The zero-order valence-corrected chi connectivity index (χ0v) is 10.7. The Bertz CT molecular complexity index is 456. The van der Waals surface area contributed by atoms with Crippen LogP contribution in [0.15, 0.2) is 24.3 Å². The van der Waals surface area contributed by atoms with Gasteiger partial charge in [-0.1, -0.05) is 24.0 Å². The molecule has 2 nitrogen and oxygen atoms in total. The first-order valence-electron chi connectivity index (χ1n) is 6.47. The van der Waals surface area contributed by atoms with Gasteiger partial charge in [-0.3, -0.25) is 4.79 Å². The highest BCUT2D eigenvalue weighted by Gasteiger charge is 2.11. The van der Waals surface area contributed by atoms with Gasteiger partial charge in [0.05, 0.1) is 6.10 Å². The van der Waals surface area contributed by atoms with Crippen LogP contribution < -0.4 is 0 Å². The number of carbonyl (C=O) groups excluding carboxylic acids is 1. The van der Waals surface area contributed by atoms with E-state index >= 15 is 0 Å². The van der Waals surface area contributed by atoms with Crippen LogP contribution in [0, 0.1) is 11.8 Å². The second-order valence-corrected chi connectivity index (χ2v) is 4.63. The highest BCUT2D eigenvalue weighted by molar-refractivity contribution is 5.94. The van der Waals surface area contributed by atoms with Crippen molar-refractivity contribution in [1.82, 2.24) is 0 Å². The maximum atomic E-state index is 11.1. The number of Topliss-reactive ketones (excluding diaryl/α,β-unsaturated/α-hetero) is 1. The molecule has 1 aliphatic rings. The number of hydrogen-bond acceptors (Lipinski definition) is 2. The van der Waals surface area contributed by atoms with Gasteiger partial charge in [0.25, 0.3) is 0 Å². The Morgan fingerprint density at radius 1 is 1.33 bits per heavy atom. The molecule has 0 bridgehead atoms. The molecule has 2 rings (SSSR count). The molecule has 1 aromatic carbocycles. The van der Waals surface area contributed by atoms with Gasteiger partial charge in [-0.25, -0.2) is 0 Å². The summed E-state index contributed by atoms with van der Waals surface area (Å²) in [6, 6.07) is 7.43. The number of ketones is 1. The third-order valence-corrected chi connectivity index (χ3v) is 3.13. The fourth-order valence-electron chi connectivity index (χ4n) is 2.02. The number of benzene rings is 1. The van der Waals surface area contributed by atoms with E-state index in [2.05, 4.69) is 11.8 Å². The summed E-state index contributed by atoms with van der Waals surface area (Å²) in [5.74, 6) is 6.37. The first-order chi connectivity index (χ1) is 8.75. The van der Waals surface area contributed by atoms with E-state index in [1.807, 2.05) is 24.3 Å². The minimum atomic E-state index is 0.0881. The van der Waals surface area contributed by atoms with Gasteiger partial charge in [0.2, 0.25) is 0 Å². The Morgan fingerprint density at radius 3 is 2.72 bits per heavy atom. The molecule has 0 spiro atoms. The molecule has 1 aliphatic heterocycles. The Morgan fingerprint density at radius 2 is 2.11 bits per heavy atom. The van der Waals surface area contributed by atoms with Crippen LogP contribution in [0.3, 0.4) is 0 Å². The average Bonchev–Trinajstić information content (AvgIpc) is 2.40. The highest BCUT2D eigenvalue weighted by atomic mass is 16.5. The topological polar surface area (TPSA) is 26.3 Å². The molecule has 1 saturated heterocycles. The first kappa shape index (κ1) is 12.9. The lowest BCUT2D eigenvalue weighted by atomic mass is 10.1. The van der Waals surface area contributed by atoms with Gasteiger partial charge in [0.15, 0.2) is 5.78 Å². The molecule has 18 heavy (non-hydrogen) atoms. The van der Waals surface area contributed by atoms with Crippen molar-refractivity contribution in [2.45, 2.75) is 38.7 Å². The third kappa shape index (κ3) is 3.72. The number of hydrogen-bond donors (Lipinski definition) is 0. The molecule has 0 saturated carbocycles. The largest absolute Gasteiger partial charge is 0.377 e. The maximum absolute atomic E-state index is 11.1. The molecule has 0 radical (unpaired) electrons. The molecule has 1 aromatic rings. The average molecular weight is 242 g/mol. The lowest BCUT2D eigenvalue weighted by Crippen LogP contribution is -2.17. The van der Waals surface area contributed by atoms with Crippen molar-refractivity contribution < 1.29 is 9.53 Å². The van der Waals surface area contributed by atoms with Gasteiger partial charge >= 0.3 is 0 Å². The fraction of sp³-hybridized carbons (Fsp3) is 0.438. The van der Waals surface area contributed by atoms with Crippen molar-refractivity contribution >= 4 is 5.78 Å². The second-order valence-electron chi connectivity index (χ2n) is 4.63. The molecule has 1 heterocycles. The van der Waals surface area contributed by atoms with E-state index in [1.165, 1.54) is 12.8 Å². The van der Waals surface area contributed by atoms with Crippen LogP contribution in [0.4, 0.5) is 0 Å². The Labute approximate surface area is 108 Å². The highest BCUT2D eigenvalue weighted by Crippen LogP contribution is 2.14. The van der Waals surface area contributed by atoms with E-state index in [4.69, 9.17) is 4.74 Å². The lowest BCUT2D eigenvalue weighted by molar-refractivity contribution is 0.0197. The van der Waals surface area contributed by atoms with Crippen LogP contribution in [0.5, 0.6) is 0 Å². The van der Waals surface area contributed by atoms with Crippen LogP contribution >= 0.6 is 0 Å². The number of rotatable bonds is 2. The monoisotopic (exact) mass is 242 g/mol. The molecular formula is C16H18O2. The molecule has 0 amide bonds. The van der Waals surface area contributed by atoms with Crippen molar-refractivity contribution in [3.8, 4) is 11.8 Å². The smallest absolute Gasteiger partial charge is 0.159 e. The Balaban J connectivity index is 1.90. The van der Waals surface area contributed by atoms with Crippen molar-refractivity contribution in [3.05, 3.63) is 35.4 Å². The predicted molar refractivity (Wildman–Crippen MR) is 71.5 cm³/mol. The summed E-state index contributed by atoms with van der Waals surface area (Å²) in [5.41, 5.74) is 1.69. The summed E-state index contributed by atoms with van der Waals surface area (Å²) < 4.78 is 5.62. The summed E-state index contributed by atoms with van der Waals surface area (Å²) in [7, 11) is 0. The summed E-state index contributed by atoms with van der Waals surface area (Å²) in [4.78, 5) is 11.1. The summed E-state index contributed by atoms with van der Waals surface area (Å²) in [6.45, 7) is 2.45. The SMILES string of the molecule is CC(=O)c1ccc(C#CCC2CCCCO2)cc1. The quantitative estimate of drug-likeness (QED) is 0.588. The molecule has 0 aliphatic carbocycles. The van der Waals surface area contributed by atoms with Crippen molar-refractivity contribution in [2.24, 2.45) is 0 Å². The molecule has 0 N–H and O–H groups in total. The summed E-state index contributed by atoms with van der Waals surface area (Å²) in [6.07, 6.45) is 4.66. The van der Waals surface area contributed by atoms with Crippen LogP contribution in [0.25, 0.3) is 0 Å². The van der Waals surface area contributed by atoms with E-state index in [0.717, 1.165) is 30.6 Å². The van der Waals surface area contributed by atoms with Crippen molar-refractivity contribution in [1.29, 1.82) is 0 Å². The van der Waals surface area contributed by atoms with Gasteiger partial charge in [-0.2, -0.15) is 0 Å². The summed E-state index contributed by atoms with van der Waals surface area (Å²) in [5, 5.41) is 0. The minimum absolute atomic E-state index is 0.0881. The van der Waals surface area contributed by atoms with Crippen LogP contribution in [-0.2, 0) is 4.74 Å². The normalized spacial score (nSPS) is 18.8. The molecule has 1 unspecified atom stereocenters. The minimum Gasteiger partial charge on any atom is -0.377 e. The van der Waals surface area contributed by atoms with E-state index in [-0.39, 0.29) is 5.78 Å². The fourth-order valence-corrected chi connectivity index (χ4v) is 2.02. The van der Waals surface area contributed by atoms with Crippen LogP contribution in [-0.4, -0.2) is 18.5 Å². The zero-order chi connectivity index (χ0) is 12.8.